The van der Waals surface area contributed by atoms with Gasteiger partial charge in [-0.15, -0.1) is 0 Å². The molecule has 2 rings (SSSR count). The Kier molecular flexibility index (Phi) is 2.99. The van der Waals surface area contributed by atoms with Gasteiger partial charge in [-0.05, 0) is 25.2 Å². The highest BCUT2D eigenvalue weighted by Gasteiger charge is 2.25. The molecule has 0 aromatic carbocycles. The second kappa shape index (κ2) is 4.28. The summed E-state index contributed by atoms with van der Waals surface area (Å²) in [6, 6.07) is 0. The Morgan fingerprint density at radius 1 is 1.62 bits per heavy atom. The van der Waals surface area contributed by atoms with Gasteiger partial charge in [0.15, 0.2) is 0 Å². The van der Waals surface area contributed by atoms with Gasteiger partial charge in [-0.25, -0.2) is 4.98 Å². The number of nitrogens with zero attached hydrogens (tertiary/aromatic N) is 2. The van der Waals surface area contributed by atoms with Gasteiger partial charge in [0, 0.05) is 13.0 Å². The van der Waals surface area contributed by atoms with Gasteiger partial charge in [-0.1, -0.05) is 13.8 Å². The molecule has 1 aromatic rings. The molecule has 0 fully saturated rings. The lowest BCUT2D eigenvalue weighted by molar-refractivity contribution is 0.0994. The number of fused-ring (bicyclic) bond motifs is 1. The molecule has 2 heterocycles. The lowest BCUT2D eigenvalue weighted by Crippen LogP contribution is -2.21. The van der Waals surface area contributed by atoms with Crippen molar-refractivity contribution in [2.45, 2.75) is 46.1 Å². The van der Waals surface area contributed by atoms with Gasteiger partial charge < -0.3 is 10.3 Å². The van der Waals surface area contributed by atoms with E-state index in [4.69, 9.17) is 5.73 Å². The Morgan fingerprint density at radius 2 is 2.38 bits per heavy atom. The fourth-order valence-electron chi connectivity index (χ4n) is 2.40. The molecule has 0 saturated carbocycles. The van der Waals surface area contributed by atoms with E-state index in [2.05, 4.69) is 23.4 Å². The van der Waals surface area contributed by atoms with Crippen molar-refractivity contribution in [3.63, 3.8) is 0 Å². The quantitative estimate of drug-likeness (QED) is 0.841. The summed E-state index contributed by atoms with van der Waals surface area (Å²) in [6.45, 7) is 5.31. The molecule has 1 atom stereocenters. The van der Waals surface area contributed by atoms with Crippen LogP contribution in [0, 0.1) is 5.92 Å². The van der Waals surface area contributed by atoms with Gasteiger partial charge in [0.2, 0.25) is 0 Å². The molecule has 0 aliphatic carbocycles. The second-order valence-electron chi connectivity index (χ2n) is 4.69. The van der Waals surface area contributed by atoms with Gasteiger partial charge in [0.25, 0.3) is 5.91 Å². The summed E-state index contributed by atoms with van der Waals surface area (Å²) in [7, 11) is 0. The Balaban J connectivity index is 2.44. The van der Waals surface area contributed by atoms with Crippen molar-refractivity contribution in [1.82, 2.24) is 9.55 Å². The third-order valence-electron chi connectivity index (χ3n) is 3.25. The summed E-state index contributed by atoms with van der Waals surface area (Å²) in [5.41, 5.74) is 6.92. The summed E-state index contributed by atoms with van der Waals surface area (Å²) < 4.78 is 2.20. The molecule has 0 saturated heterocycles. The van der Waals surface area contributed by atoms with Gasteiger partial charge >= 0.3 is 0 Å². The first-order valence-electron chi connectivity index (χ1n) is 6.01. The van der Waals surface area contributed by atoms with E-state index in [-0.39, 0.29) is 5.91 Å². The number of nitrogens with two attached hydrogens (primary N) is 1. The van der Waals surface area contributed by atoms with Crippen LogP contribution < -0.4 is 5.73 Å². The van der Waals surface area contributed by atoms with Crippen molar-refractivity contribution in [2.75, 3.05) is 0 Å². The normalized spacial score (nSPS) is 19.5. The van der Waals surface area contributed by atoms with E-state index >= 15 is 0 Å². The highest BCUT2D eigenvalue weighted by molar-refractivity contribution is 5.92. The van der Waals surface area contributed by atoms with Crippen LogP contribution in [0.3, 0.4) is 0 Å². The summed E-state index contributed by atoms with van der Waals surface area (Å²) in [4.78, 5) is 15.7. The average Bonchev–Trinajstić information content (AvgIpc) is 2.57. The first kappa shape index (κ1) is 11.2. The highest BCUT2D eigenvalue weighted by atomic mass is 16.1. The number of primary amides is 1. The van der Waals surface area contributed by atoms with Crippen LogP contribution in [0.1, 0.15) is 48.7 Å². The maximum absolute atomic E-state index is 11.3. The minimum atomic E-state index is -0.389. The van der Waals surface area contributed by atoms with E-state index in [9.17, 15) is 4.79 Å². The zero-order valence-electron chi connectivity index (χ0n) is 9.99. The van der Waals surface area contributed by atoms with Crippen LogP contribution in [0.25, 0.3) is 0 Å². The molecule has 2 N–H and O–H groups in total. The number of imidazole rings is 1. The van der Waals surface area contributed by atoms with Crippen LogP contribution in [-0.2, 0) is 19.4 Å². The molecule has 16 heavy (non-hydrogen) atoms. The zero-order chi connectivity index (χ0) is 11.7. The Bertz CT molecular complexity index is 409. The summed E-state index contributed by atoms with van der Waals surface area (Å²) in [5.74, 6) is 1.26. The Hall–Kier alpha value is -1.32. The molecule has 88 valence electrons. The predicted octanol–water partition coefficient (Wildman–Crippen LogP) is 1.52. The topological polar surface area (TPSA) is 60.9 Å². The van der Waals surface area contributed by atoms with Crippen LogP contribution in [0.4, 0.5) is 0 Å². The first-order chi connectivity index (χ1) is 7.63. The fourth-order valence-corrected chi connectivity index (χ4v) is 2.40. The smallest absolute Gasteiger partial charge is 0.269 e. The number of hydrogen-bond acceptors (Lipinski definition) is 2. The molecule has 0 bridgehead atoms. The lowest BCUT2D eigenvalue weighted by Gasteiger charge is -2.22. The summed E-state index contributed by atoms with van der Waals surface area (Å²) in [6.07, 6.45) is 4.06. The van der Waals surface area contributed by atoms with E-state index in [1.54, 1.807) is 0 Å². The minimum absolute atomic E-state index is 0.389. The molecule has 4 nitrogen and oxygen atoms in total. The molecule has 0 spiro atoms. The summed E-state index contributed by atoms with van der Waals surface area (Å²) in [5, 5.41) is 0. The summed E-state index contributed by atoms with van der Waals surface area (Å²) >= 11 is 0. The van der Waals surface area contributed by atoms with Crippen molar-refractivity contribution in [1.29, 1.82) is 0 Å². The fraction of sp³-hybridized carbons (Fsp3) is 0.667. The maximum atomic E-state index is 11.3. The average molecular weight is 221 g/mol. The maximum Gasteiger partial charge on any atom is 0.269 e. The first-order valence-corrected chi connectivity index (χ1v) is 6.01. The van der Waals surface area contributed by atoms with E-state index in [0.29, 0.717) is 11.6 Å². The van der Waals surface area contributed by atoms with Crippen molar-refractivity contribution in [3.05, 3.63) is 17.2 Å². The van der Waals surface area contributed by atoms with Gasteiger partial charge in [0.1, 0.15) is 11.5 Å². The third-order valence-corrected chi connectivity index (χ3v) is 3.25. The number of carbonyl (C=O) groups is 1. The minimum Gasteiger partial charge on any atom is -0.364 e. The molecule has 1 amide bonds. The van der Waals surface area contributed by atoms with Crippen molar-refractivity contribution < 1.29 is 4.79 Å². The van der Waals surface area contributed by atoms with Crippen LogP contribution in [0.5, 0.6) is 0 Å². The molecule has 0 radical (unpaired) electrons. The van der Waals surface area contributed by atoms with Crippen molar-refractivity contribution >= 4 is 5.91 Å². The number of aryl methyl sites for hydroxylation is 1. The van der Waals surface area contributed by atoms with Crippen molar-refractivity contribution in [2.24, 2.45) is 11.7 Å². The van der Waals surface area contributed by atoms with Crippen LogP contribution in [0.2, 0.25) is 0 Å². The van der Waals surface area contributed by atoms with E-state index in [0.717, 1.165) is 43.7 Å². The third kappa shape index (κ3) is 1.84. The number of aromatic nitrogens is 2. The molecule has 1 aliphatic rings. The number of rotatable bonds is 3. The SMILES string of the molecule is CCCc1nc(C(N)=O)c2n1CCC(C)C2. The number of carbonyl (C=O) groups excluding carboxylic acids is 1. The molecule has 1 unspecified atom stereocenters. The van der Waals surface area contributed by atoms with Crippen LogP contribution in [-0.4, -0.2) is 15.5 Å². The monoisotopic (exact) mass is 221 g/mol. The standard InChI is InChI=1S/C12H19N3O/c1-3-4-10-14-11(12(13)16)9-7-8(2)5-6-15(9)10/h8H,3-7H2,1-2H3,(H2,13,16). The van der Waals surface area contributed by atoms with Crippen LogP contribution in [0.15, 0.2) is 0 Å². The molecule has 1 aromatic heterocycles. The zero-order valence-corrected chi connectivity index (χ0v) is 9.99. The van der Waals surface area contributed by atoms with Gasteiger partial charge in [-0.3, -0.25) is 4.79 Å². The van der Waals surface area contributed by atoms with Crippen LogP contribution >= 0.6 is 0 Å². The lowest BCUT2D eigenvalue weighted by atomic mass is 9.97. The van der Waals surface area contributed by atoms with Gasteiger partial charge in [0.05, 0.1) is 5.69 Å². The predicted molar refractivity (Wildman–Crippen MR) is 62.2 cm³/mol. The highest BCUT2D eigenvalue weighted by Crippen LogP contribution is 2.25. The Labute approximate surface area is 95.9 Å². The number of amides is 1. The molecular formula is C12H19N3O. The molecule has 1 aliphatic heterocycles. The van der Waals surface area contributed by atoms with Crippen molar-refractivity contribution in [3.8, 4) is 0 Å². The molecular weight excluding hydrogens is 202 g/mol. The van der Waals surface area contributed by atoms with E-state index in [1.165, 1.54) is 0 Å². The van der Waals surface area contributed by atoms with E-state index < -0.39 is 0 Å². The Morgan fingerprint density at radius 3 is 3.00 bits per heavy atom. The largest absolute Gasteiger partial charge is 0.364 e. The van der Waals surface area contributed by atoms with E-state index in [1.807, 2.05) is 0 Å². The second-order valence-corrected chi connectivity index (χ2v) is 4.69. The molecule has 4 heteroatoms. The number of hydrogen-bond donors (Lipinski definition) is 1. The van der Waals surface area contributed by atoms with Gasteiger partial charge in [-0.2, -0.15) is 0 Å².